The molecule has 3 saturated heterocycles. The summed E-state index contributed by atoms with van der Waals surface area (Å²) in [5, 5.41) is 21.1. The second-order valence-electron chi connectivity index (χ2n) is 11.1. The predicted octanol–water partition coefficient (Wildman–Crippen LogP) is 4.00. The topological polar surface area (TPSA) is 127 Å². The van der Waals surface area contributed by atoms with Crippen LogP contribution in [0.25, 0.3) is 0 Å². The minimum atomic E-state index is -0.911. The number of aliphatic hydroxyl groups excluding tert-OH is 1. The summed E-state index contributed by atoms with van der Waals surface area (Å²) in [6.07, 6.45) is 1.18. The van der Waals surface area contributed by atoms with Crippen molar-refractivity contribution in [2.45, 2.75) is 69.9 Å². The fraction of sp³-hybridized carbons (Fsp3) is 0.548. The number of hydrogen-bond donors (Lipinski definition) is 3. The van der Waals surface area contributed by atoms with Crippen LogP contribution in [0.1, 0.15) is 68.1 Å². The highest BCUT2D eigenvalue weighted by Gasteiger charge is 2.43. The van der Waals surface area contributed by atoms with E-state index in [9.17, 15) is 14.7 Å². The van der Waals surface area contributed by atoms with Gasteiger partial charge in [-0.05, 0) is 29.7 Å². The van der Waals surface area contributed by atoms with Crippen molar-refractivity contribution in [3.05, 3.63) is 65.2 Å². The van der Waals surface area contributed by atoms with Crippen molar-refractivity contribution in [1.82, 2.24) is 4.90 Å². The maximum absolute atomic E-state index is 12.2. The number of carboxylic acids is 1. The molecule has 2 aromatic carbocycles. The second-order valence-corrected chi connectivity index (χ2v) is 11.1. The van der Waals surface area contributed by atoms with Crippen LogP contribution in [0.3, 0.4) is 0 Å². The van der Waals surface area contributed by atoms with Crippen LogP contribution in [0.5, 0.6) is 0 Å². The zero-order valence-corrected chi connectivity index (χ0v) is 23.5. The zero-order valence-electron chi connectivity index (χ0n) is 23.5. The number of rotatable bonds is 10. The Hall–Kier alpha value is -2.86. The molecule has 2 aromatic rings. The van der Waals surface area contributed by atoms with Gasteiger partial charge in [0.25, 0.3) is 0 Å². The van der Waals surface area contributed by atoms with Crippen molar-refractivity contribution in [1.29, 1.82) is 0 Å². The van der Waals surface area contributed by atoms with Crippen molar-refractivity contribution in [2.75, 3.05) is 38.2 Å². The van der Waals surface area contributed by atoms with Crippen LogP contribution in [0.4, 0.5) is 5.69 Å². The average molecular weight is 569 g/mol. The fourth-order valence-corrected chi connectivity index (χ4v) is 5.79. The first-order valence-corrected chi connectivity index (χ1v) is 14.5. The first-order chi connectivity index (χ1) is 19.8. The van der Waals surface area contributed by atoms with Gasteiger partial charge in [-0.2, -0.15) is 0 Å². The van der Waals surface area contributed by atoms with Gasteiger partial charge in [0.15, 0.2) is 12.1 Å². The monoisotopic (exact) mass is 568 g/mol. The molecule has 41 heavy (non-hydrogen) atoms. The van der Waals surface area contributed by atoms with Crippen LogP contribution in [0, 0.1) is 5.92 Å². The lowest BCUT2D eigenvalue weighted by molar-refractivity contribution is -0.278. The number of piperidine rings is 1. The van der Waals surface area contributed by atoms with Crippen LogP contribution in [0.2, 0.25) is 0 Å². The fourth-order valence-electron chi connectivity index (χ4n) is 5.79. The molecule has 222 valence electrons. The lowest BCUT2D eigenvalue weighted by Crippen LogP contribution is -2.50. The van der Waals surface area contributed by atoms with Crippen LogP contribution in [-0.2, 0) is 35.1 Å². The summed E-state index contributed by atoms with van der Waals surface area (Å²) in [5.74, 6) is -1.48. The summed E-state index contributed by atoms with van der Waals surface area (Å²) in [7, 11) is 0. The van der Waals surface area contributed by atoms with Crippen LogP contribution in [-0.4, -0.2) is 71.7 Å². The van der Waals surface area contributed by atoms with Gasteiger partial charge in [-0.3, -0.25) is 9.59 Å². The number of nitrogens with zero attached hydrogens (tertiary/aromatic N) is 1. The Labute approximate surface area is 240 Å². The molecule has 3 N–H and O–H groups in total. The number of benzene rings is 2. The number of ether oxygens (including phenoxy) is 4. The molecule has 1 amide bonds. The largest absolute Gasteiger partial charge is 0.481 e. The second kappa shape index (κ2) is 13.4. The van der Waals surface area contributed by atoms with Crippen molar-refractivity contribution >= 4 is 17.6 Å². The van der Waals surface area contributed by atoms with E-state index in [1.807, 2.05) is 36.4 Å². The molecule has 1 spiro atoms. The van der Waals surface area contributed by atoms with Crippen LogP contribution < -0.4 is 5.32 Å². The van der Waals surface area contributed by atoms with E-state index < -0.39 is 18.0 Å². The third kappa shape index (κ3) is 7.51. The first-order valence-electron chi connectivity index (χ1n) is 14.5. The van der Waals surface area contributed by atoms with Gasteiger partial charge in [0, 0.05) is 62.5 Å². The van der Waals surface area contributed by atoms with Crippen LogP contribution in [0.15, 0.2) is 48.5 Å². The lowest BCUT2D eigenvalue weighted by Gasteiger charge is -2.44. The number of likely N-dealkylation sites (tertiary alicyclic amines) is 1. The Bertz CT molecular complexity index is 1160. The molecule has 5 rings (SSSR count). The number of carbonyl (C=O) groups excluding carboxylic acids is 1. The zero-order chi connectivity index (χ0) is 28.8. The van der Waals surface area contributed by atoms with Gasteiger partial charge in [0.05, 0.1) is 32.0 Å². The van der Waals surface area contributed by atoms with E-state index in [1.165, 1.54) is 0 Å². The Morgan fingerprint density at radius 3 is 2.24 bits per heavy atom. The molecular weight excluding hydrogens is 528 g/mol. The van der Waals surface area contributed by atoms with Gasteiger partial charge < -0.3 is 39.4 Å². The minimum Gasteiger partial charge on any atom is -0.481 e. The highest BCUT2D eigenvalue weighted by atomic mass is 16.7. The smallest absolute Gasteiger partial charge is 0.303 e. The number of nitrogens with one attached hydrogen (secondary N) is 1. The maximum atomic E-state index is 12.2. The molecular formula is C31H40N2O8. The summed E-state index contributed by atoms with van der Waals surface area (Å²) in [5.41, 5.74) is 3.35. The lowest BCUT2D eigenvalue weighted by atomic mass is 9.89. The van der Waals surface area contributed by atoms with E-state index in [4.69, 9.17) is 24.1 Å². The SMILES string of the molecule is C[C@H]1[C@@H](CN2CCC3(CC2)OCCO3)O[C@@H](c2ccc(NC(=O)CCCC(=O)O)cc2)O[C@H]1c1ccc(CO)cc1. The van der Waals surface area contributed by atoms with Gasteiger partial charge in [-0.15, -0.1) is 0 Å². The molecule has 0 aliphatic carbocycles. The highest BCUT2D eigenvalue weighted by Crippen LogP contribution is 2.42. The number of aliphatic hydroxyl groups is 1. The summed E-state index contributed by atoms with van der Waals surface area (Å²) >= 11 is 0. The molecule has 3 heterocycles. The molecule has 0 radical (unpaired) electrons. The van der Waals surface area contributed by atoms with E-state index in [0.29, 0.717) is 25.3 Å². The summed E-state index contributed by atoms with van der Waals surface area (Å²) < 4.78 is 24.9. The van der Waals surface area contributed by atoms with Gasteiger partial charge in [0.2, 0.25) is 5.91 Å². The Morgan fingerprint density at radius 1 is 0.951 bits per heavy atom. The van der Waals surface area contributed by atoms with Crippen LogP contribution >= 0.6 is 0 Å². The average Bonchev–Trinajstić information content (AvgIpc) is 3.43. The Kier molecular flexibility index (Phi) is 9.69. The van der Waals surface area contributed by atoms with E-state index in [0.717, 1.165) is 49.2 Å². The van der Waals surface area contributed by atoms with Gasteiger partial charge >= 0.3 is 5.97 Å². The minimum absolute atomic E-state index is 0.0119. The number of amides is 1. The van der Waals surface area contributed by atoms with E-state index >= 15 is 0 Å². The molecule has 10 nitrogen and oxygen atoms in total. The summed E-state index contributed by atoms with van der Waals surface area (Å²) in [6.45, 7) is 5.96. The molecule has 10 heteroatoms. The quantitative estimate of drug-likeness (QED) is 0.390. The number of carbonyl (C=O) groups is 2. The van der Waals surface area contributed by atoms with Crippen molar-refractivity contribution in [3.63, 3.8) is 0 Å². The van der Waals surface area contributed by atoms with Crippen molar-refractivity contribution < 1.29 is 38.7 Å². The number of carboxylic acid groups (broad SMARTS) is 1. The molecule has 4 atom stereocenters. The van der Waals surface area contributed by atoms with Crippen molar-refractivity contribution in [2.24, 2.45) is 5.92 Å². The van der Waals surface area contributed by atoms with Gasteiger partial charge in [0.1, 0.15) is 0 Å². The number of anilines is 1. The number of aliphatic carboxylic acids is 1. The molecule has 3 fully saturated rings. The summed E-state index contributed by atoms with van der Waals surface area (Å²) in [4.78, 5) is 25.3. The maximum Gasteiger partial charge on any atom is 0.303 e. The predicted molar refractivity (Wildman–Crippen MR) is 150 cm³/mol. The molecule has 3 aliphatic heterocycles. The standard InChI is InChI=1S/C31H40N2O8/c1-21-26(19-33-15-13-31(14-16-33)38-17-18-39-31)40-30(41-29(21)23-7-5-22(20-34)6-8-23)24-9-11-25(12-10-24)32-27(35)3-2-4-28(36)37/h5-12,21,26,29-30,34H,2-4,13-20H2,1H3,(H,32,35)(H,36,37)/t21-,26+,29+,30+/m0/s1. The Balaban J connectivity index is 1.27. The van der Waals surface area contributed by atoms with E-state index in [1.54, 1.807) is 12.1 Å². The first kappa shape index (κ1) is 29.6. The van der Waals surface area contributed by atoms with E-state index in [2.05, 4.69) is 17.1 Å². The van der Waals surface area contributed by atoms with Gasteiger partial charge in [-0.25, -0.2) is 0 Å². The highest BCUT2D eigenvalue weighted by molar-refractivity contribution is 5.90. The third-order valence-electron chi connectivity index (χ3n) is 8.25. The number of hydrogen-bond acceptors (Lipinski definition) is 8. The molecule has 0 unspecified atom stereocenters. The molecule has 0 bridgehead atoms. The van der Waals surface area contributed by atoms with Crippen molar-refractivity contribution in [3.8, 4) is 0 Å². The normalized spacial score (nSPS) is 26.2. The van der Waals surface area contributed by atoms with E-state index in [-0.39, 0.29) is 43.5 Å². The molecule has 3 aliphatic rings. The molecule has 0 saturated carbocycles. The summed E-state index contributed by atoms with van der Waals surface area (Å²) in [6, 6.07) is 15.2. The van der Waals surface area contributed by atoms with Gasteiger partial charge in [-0.1, -0.05) is 43.3 Å². The Morgan fingerprint density at radius 2 is 1.61 bits per heavy atom. The third-order valence-corrected chi connectivity index (χ3v) is 8.25. The molecule has 0 aromatic heterocycles.